The number of esters is 2. The van der Waals surface area contributed by atoms with Gasteiger partial charge in [0.2, 0.25) is 0 Å². The molecule has 4 nitrogen and oxygen atoms in total. The van der Waals surface area contributed by atoms with Gasteiger partial charge in [0.25, 0.3) is 0 Å². The minimum absolute atomic E-state index is 0.253. The zero-order valence-electron chi connectivity index (χ0n) is 13.0. The van der Waals surface area contributed by atoms with Gasteiger partial charge in [-0.2, -0.15) is 0 Å². The number of halogens is 1. The third-order valence-electron chi connectivity index (χ3n) is 3.60. The second-order valence-corrected chi connectivity index (χ2v) is 6.77. The predicted octanol–water partition coefficient (Wildman–Crippen LogP) is 3.89. The van der Waals surface area contributed by atoms with E-state index in [1.807, 2.05) is 36.4 Å². The van der Waals surface area contributed by atoms with Crippen molar-refractivity contribution in [3.63, 3.8) is 0 Å². The van der Waals surface area contributed by atoms with Gasteiger partial charge in [0.15, 0.2) is 12.2 Å². The Morgan fingerprint density at radius 1 is 1.30 bits per heavy atom. The maximum Gasteiger partial charge on any atom is 0.345 e. The maximum absolute atomic E-state index is 12.1. The zero-order valence-corrected chi connectivity index (χ0v) is 15.2. The molecular weight excluding hydrogens is 407 g/mol. The Bertz CT molecular complexity index is 633. The number of allylic oxidation sites excluding steroid dienone is 1. The third kappa shape index (κ3) is 4.67. The summed E-state index contributed by atoms with van der Waals surface area (Å²) in [7, 11) is 0. The summed E-state index contributed by atoms with van der Waals surface area (Å²) in [6, 6.07) is 7.89. The Balaban J connectivity index is 2.13. The molecule has 1 atom stereocenters. The van der Waals surface area contributed by atoms with E-state index in [2.05, 4.69) is 29.2 Å². The first-order chi connectivity index (χ1) is 10.9. The molecule has 1 unspecified atom stereocenters. The highest BCUT2D eigenvalue weighted by Crippen LogP contribution is 2.36. The molecule has 0 aliphatic heterocycles. The van der Waals surface area contributed by atoms with Gasteiger partial charge < -0.3 is 9.47 Å². The normalized spacial score (nSPS) is 19.9. The summed E-state index contributed by atoms with van der Waals surface area (Å²) < 4.78 is 11.7. The lowest BCUT2D eigenvalue weighted by Gasteiger charge is -2.33. The van der Waals surface area contributed by atoms with Gasteiger partial charge in [-0.15, -0.1) is 0 Å². The van der Waals surface area contributed by atoms with Crippen LogP contribution in [0.4, 0.5) is 0 Å². The zero-order chi connectivity index (χ0) is 16.9. The lowest BCUT2D eigenvalue weighted by atomic mass is 9.84. The van der Waals surface area contributed by atoms with Crippen LogP contribution in [0.1, 0.15) is 31.7 Å². The average Bonchev–Trinajstić information content (AvgIpc) is 2.54. The first kappa shape index (κ1) is 17.7. The van der Waals surface area contributed by atoms with Crippen LogP contribution < -0.4 is 0 Å². The summed E-state index contributed by atoms with van der Waals surface area (Å²) in [6.45, 7) is 4.60. The summed E-state index contributed by atoms with van der Waals surface area (Å²) in [5.41, 5.74) is 0.395. The highest BCUT2D eigenvalue weighted by molar-refractivity contribution is 14.1. The third-order valence-corrected chi connectivity index (χ3v) is 4.32. The lowest BCUT2D eigenvalue weighted by molar-refractivity contribution is -0.167. The summed E-state index contributed by atoms with van der Waals surface area (Å²) in [5.74, 6) is -1.16. The van der Waals surface area contributed by atoms with Gasteiger partial charge in [-0.25, -0.2) is 9.59 Å². The molecular formula is C18H19IO4. The van der Waals surface area contributed by atoms with Crippen LogP contribution in [0.15, 0.2) is 48.6 Å². The standard InChI is InChI=1S/C18H19IO4/c1-13(2)17(21)22-12-16(20)23-18(10-4-3-5-11-18)14-6-8-15(19)9-7-14/h4,6-10H,1,3,5,11-12H2,2H3. The fourth-order valence-electron chi connectivity index (χ4n) is 2.44. The molecule has 0 N–H and O–H groups in total. The van der Waals surface area contributed by atoms with E-state index in [0.29, 0.717) is 6.42 Å². The van der Waals surface area contributed by atoms with Gasteiger partial charge in [0.05, 0.1) is 0 Å². The van der Waals surface area contributed by atoms with E-state index < -0.39 is 24.1 Å². The van der Waals surface area contributed by atoms with Crippen molar-refractivity contribution >= 4 is 34.5 Å². The molecule has 2 rings (SSSR count). The van der Waals surface area contributed by atoms with Crippen molar-refractivity contribution in [1.82, 2.24) is 0 Å². The van der Waals surface area contributed by atoms with E-state index >= 15 is 0 Å². The minimum atomic E-state index is -0.782. The van der Waals surface area contributed by atoms with Crippen molar-refractivity contribution in [3.05, 3.63) is 57.7 Å². The van der Waals surface area contributed by atoms with Crippen LogP contribution in [0.2, 0.25) is 0 Å². The summed E-state index contributed by atoms with van der Waals surface area (Å²) in [6.07, 6.45) is 6.56. The monoisotopic (exact) mass is 426 g/mol. The number of benzene rings is 1. The fraction of sp³-hybridized carbons (Fsp3) is 0.333. The Kier molecular flexibility index (Phi) is 5.98. The second kappa shape index (κ2) is 7.77. The topological polar surface area (TPSA) is 52.6 Å². The van der Waals surface area contributed by atoms with Gasteiger partial charge in [-0.3, -0.25) is 0 Å². The molecule has 0 aromatic heterocycles. The van der Waals surface area contributed by atoms with Gasteiger partial charge >= 0.3 is 11.9 Å². The van der Waals surface area contributed by atoms with Gasteiger partial charge in [0.1, 0.15) is 0 Å². The van der Waals surface area contributed by atoms with Crippen molar-refractivity contribution in [1.29, 1.82) is 0 Å². The molecule has 5 heteroatoms. The molecule has 122 valence electrons. The van der Waals surface area contributed by atoms with Crippen molar-refractivity contribution in [2.45, 2.75) is 31.8 Å². The highest BCUT2D eigenvalue weighted by Gasteiger charge is 2.35. The lowest BCUT2D eigenvalue weighted by Crippen LogP contribution is -2.34. The smallest absolute Gasteiger partial charge is 0.345 e. The number of hydrogen-bond acceptors (Lipinski definition) is 4. The molecule has 1 aliphatic rings. The number of hydrogen-bond donors (Lipinski definition) is 0. The largest absolute Gasteiger partial charge is 0.450 e. The van der Waals surface area contributed by atoms with Crippen LogP contribution >= 0.6 is 22.6 Å². The van der Waals surface area contributed by atoms with Crippen molar-refractivity contribution in [2.75, 3.05) is 6.61 Å². The van der Waals surface area contributed by atoms with Crippen LogP contribution in [0.5, 0.6) is 0 Å². The van der Waals surface area contributed by atoms with E-state index in [1.165, 1.54) is 6.92 Å². The summed E-state index contributed by atoms with van der Waals surface area (Å²) in [5, 5.41) is 0. The van der Waals surface area contributed by atoms with Crippen LogP contribution in [-0.2, 0) is 24.7 Å². The Labute approximate surface area is 149 Å². The van der Waals surface area contributed by atoms with E-state index in [4.69, 9.17) is 9.47 Å². The molecule has 0 saturated carbocycles. The number of ether oxygens (including phenoxy) is 2. The molecule has 0 radical (unpaired) electrons. The SMILES string of the molecule is C=C(C)C(=O)OCC(=O)OC1(c2ccc(I)cc2)C=CCCC1. The molecule has 1 aliphatic carbocycles. The van der Waals surface area contributed by atoms with Gasteiger partial charge in [-0.05, 0) is 72.5 Å². The van der Waals surface area contributed by atoms with Gasteiger partial charge in [0, 0.05) is 9.14 Å². The van der Waals surface area contributed by atoms with Gasteiger partial charge in [-0.1, -0.05) is 24.8 Å². The van der Waals surface area contributed by atoms with Crippen molar-refractivity contribution in [2.24, 2.45) is 0 Å². The van der Waals surface area contributed by atoms with Crippen LogP contribution in [0.25, 0.3) is 0 Å². The van der Waals surface area contributed by atoms with E-state index in [1.54, 1.807) is 0 Å². The maximum atomic E-state index is 12.1. The molecule has 0 amide bonds. The summed E-state index contributed by atoms with van der Waals surface area (Å²) in [4.78, 5) is 23.5. The van der Waals surface area contributed by atoms with Crippen molar-refractivity contribution in [3.8, 4) is 0 Å². The molecule has 23 heavy (non-hydrogen) atoms. The molecule has 0 spiro atoms. The highest BCUT2D eigenvalue weighted by atomic mass is 127. The van der Waals surface area contributed by atoms with E-state index in [0.717, 1.165) is 22.0 Å². The second-order valence-electron chi connectivity index (χ2n) is 5.52. The molecule has 0 saturated heterocycles. The first-order valence-electron chi connectivity index (χ1n) is 7.41. The Morgan fingerprint density at radius 2 is 2.00 bits per heavy atom. The fourth-order valence-corrected chi connectivity index (χ4v) is 2.80. The van der Waals surface area contributed by atoms with Crippen LogP contribution in [0.3, 0.4) is 0 Å². The van der Waals surface area contributed by atoms with Crippen LogP contribution in [0, 0.1) is 3.57 Å². The van der Waals surface area contributed by atoms with Crippen molar-refractivity contribution < 1.29 is 19.1 Å². The first-order valence-corrected chi connectivity index (χ1v) is 8.49. The number of carbonyl (C=O) groups is 2. The molecule has 1 aromatic rings. The molecule has 0 bridgehead atoms. The van der Waals surface area contributed by atoms with E-state index in [9.17, 15) is 9.59 Å². The molecule has 1 aromatic carbocycles. The number of carbonyl (C=O) groups excluding carboxylic acids is 2. The quantitative estimate of drug-likeness (QED) is 0.310. The Morgan fingerprint density at radius 3 is 2.57 bits per heavy atom. The predicted molar refractivity (Wildman–Crippen MR) is 95.7 cm³/mol. The Hall–Kier alpha value is -1.63. The van der Waals surface area contributed by atoms with E-state index in [-0.39, 0.29) is 5.57 Å². The number of rotatable bonds is 5. The minimum Gasteiger partial charge on any atom is -0.450 e. The molecule has 0 fully saturated rings. The molecule has 0 heterocycles. The average molecular weight is 426 g/mol. The van der Waals surface area contributed by atoms with Crippen LogP contribution in [-0.4, -0.2) is 18.5 Å². The summed E-state index contributed by atoms with van der Waals surface area (Å²) >= 11 is 2.23.